The smallest absolute Gasteiger partial charge is 0.204 e. The minimum Gasteiger partial charge on any atom is -0.497 e. The van der Waals surface area contributed by atoms with Gasteiger partial charge in [0, 0.05) is 18.1 Å². The molecule has 3 rings (SSSR count). The second-order valence-corrected chi connectivity index (χ2v) is 5.14. The molecule has 0 spiro atoms. The number of carbonyl (C=O) groups is 1. The molecule has 0 atom stereocenters. The zero-order valence-corrected chi connectivity index (χ0v) is 13.0. The molecule has 23 heavy (non-hydrogen) atoms. The maximum atomic E-state index is 12.8. The lowest BCUT2D eigenvalue weighted by atomic mass is 9.99. The summed E-state index contributed by atoms with van der Waals surface area (Å²) in [6.07, 6.45) is 0.455. The lowest BCUT2D eigenvalue weighted by molar-refractivity contribution is 0.103. The molecule has 0 aliphatic heterocycles. The Morgan fingerprint density at radius 3 is 2.52 bits per heavy atom. The quantitative estimate of drug-likeness (QED) is 0.691. The van der Waals surface area contributed by atoms with E-state index < -0.39 is 0 Å². The van der Waals surface area contributed by atoms with E-state index in [0.29, 0.717) is 34.5 Å². The third kappa shape index (κ3) is 2.63. The Morgan fingerprint density at radius 2 is 1.87 bits per heavy atom. The lowest BCUT2D eigenvalue weighted by Crippen LogP contribution is -2.19. The molecule has 0 saturated heterocycles. The summed E-state index contributed by atoms with van der Waals surface area (Å²) in [5.41, 5.74) is 0.703. The maximum absolute atomic E-state index is 12.8. The predicted octanol–water partition coefficient (Wildman–Crippen LogP) is 3.60. The van der Waals surface area contributed by atoms with Crippen LogP contribution in [-0.2, 0) is 6.42 Å². The molecule has 1 aromatic heterocycles. The van der Waals surface area contributed by atoms with Crippen molar-refractivity contribution < 1.29 is 13.9 Å². The second-order valence-electron chi connectivity index (χ2n) is 5.14. The van der Waals surface area contributed by atoms with Crippen LogP contribution >= 0.6 is 0 Å². The third-order valence-electron chi connectivity index (χ3n) is 3.76. The predicted molar refractivity (Wildman–Crippen MR) is 88.3 cm³/mol. The van der Waals surface area contributed by atoms with Gasteiger partial charge in [0.15, 0.2) is 5.78 Å². The van der Waals surface area contributed by atoms with Crippen LogP contribution in [0.3, 0.4) is 0 Å². The topological polar surface area (TPSA) is 56.5 Å². The molecule has 1 heterocycles. The summed E-state index contributed by atoms with van der Waals surface area (Å²) in [5.74, 6) is 0.684. The van der Waals surface area contributed by atoms with Gasteiger partial charge in [0.1, 0.15) is 22.7 Å². The van der Waals surface area contributed by atoms with Gasteiger partial charge in [-0.2, -0.15) is 0 Å². The highest BCUT2D eigenvalue weighted by molar-refractivity contribution is 6.10. The largest absolute Gasteiger partial charge is 0.497 e. The van der Waals surface area contributed by atoms with E-state index in [2.05, 4.69) is 0 Å². The van der Waals surface area contributed by atoms with Crippen LogP contribution in [0.15, 0.2) is 57.7 Å². The van der Waals surface area contributed by atoms with Crippen LogP contribution in [-0.4, -0.2) is 12.9 Å². The first kappa shape index (κ1) is 15.0. The fourth-order valence-corrected chi connectivity index (χ4v) is 2.56. The van der Waals surface area contributed by atoms with Crippen LogP contribution in [0.25, 0.3) is 11.0 Å². The number of fused-ring (bicyclic) bond motifs is 1. The van der Waals surface area contributed by atoms with Gasteiger partial charge < -0.3 is 9.15 Å². The Labute approximate surface area is 133 Å². The van der Waals surface area contributed by atoms with Crippen LogP contribution < -0.4 is 10.2 Å². The average molecular weight is 308 g/mol. The van der Waals surface area contributed by atoms with Gasteiger partial charge in [0.2, 0.25) is 5.43 Å². The Balaban J connectivity index is 2.26. The van der Waals surface area contributed by atoms with Crippen LogP contribution in [0, 0.1) is 0 Å². The van der Waals surface area contributed by atoms with Crippen LogP contribution in [0.4, 0.5) is 0 Å². The van der Waals surface area contributed by atoms with Gasteiger partial charge in [-0.1, -0.05) is 37.3 Å². The number of hydrogen-bond acceptors (Lipinski definition) is 4. The molecule has 0 amide bonds. The van der Waals surface area contributed by atoms with Crippen molar-refractivity contribution in [1.82, 2.24) is 0 Å². The molecule has 0 bridgehead atoms. The summed E-state index contributed by atoms with van der Waals surface area (Å²) in [6.45, 7) is 1.85. The highest BCUT2D eigenvalue weighted by Gasteiger charge is 2.21. The molecule has 0 radical (unpaired) electrons. The number of aryl methyl sites for hydroxylation is 1. The van der Waals surface area contributed by atoms with Gasteiger partial charge in [-0.15, -0.1) is 0 Å². The Morgan fingerprint density at radius 1 is 1.13 bits per heavy atom. The lowest BCUT2D eigenvalue weighted by Gasteiger charge is -2.09. The summed E-state index contributed by atoms with van der Waals surface area (Å²) < 4.78 is 11.0. The van der Waals surface area contributed by atoms with Gasteiger partial charge in [-0.25, -0.2) is 0 Å². The van der Waals surface area contributed by atoms with E-state index in [-0.39, 0.29) is 16.8 Å². The zero-order chi connectivity index (χ0) is 16.4. The van der Waals surface area contributed by atoms with Gasteiger partial charge in [0.25, 0.3) is 0 Å². The maximum Gasteiger partial charge on any atom is 0.204 e. The van der Waals surface area contributed by atoms with Crippen molar-refractivity contribution >= 4 is 16.8 Å². The number of ether oxygens (including phenoxy) is 1. The molecule has 0 aliphatic carbocycles. The fraction of sp³-hybridized carbons (Fsp3) is 0.158. The first-order valence-corrected chi connectivity index (χ1v) is 7.39. The van der Waals surface area contributed by atoms with Crippen molar-refractivity contribution in [2.75, 3.05) is 7.11 Å². The minimum atomic E-state index is -0.311. The van der Waals surface area contributed by atoms with Crippen LogP contribution in [0.5, 0.6) is 5.75 Å². The highest BCUT2D eigenvalue weighted by atomic mass is 16.5. The van der Waals surface area contributed by atoms with E-state index in [4.69, 9.17) is 9.15 Å². The van der Waals surface area contributed by atoms with E-state index in [1.807, 2.05) is 13.0 Å². The first-order valence-electron chi connectivity index (χ1n) is 7.39. The number of benzene rings is 2. The standard InChI is InChI=1S/C19H16O4/c1-3-15-17(18(20)12-7-5-4-6-8-12)19(21)14-10-9-13(22-2)11-16(14)23-15/h4-11H,3H2,1-2H3. The monoisotopic (exact) mass is 308 g/mol. The highest BCUT2D eigenvalue weighted by Crippen LogP contribution is 2.23. The molecule has 0 N–H and O–H groups in total. The van der Waals surface area contributed by atoms with Gasteiger partial charge in [0.05, 0.1) is 12.5 Å². The molecule has 0 saturated carbocycles. The van der Waals surface area contributed by atoms with Crippen LogP contribution in [0.1, 0.15) is 28.6 Å². The Bertz CT molecular complexity index is 923. The molecular formula is C19H16O4. The van der Waals surface area contributed by atoms with E-state index in [1.165, 1.54) is 0 Å². The molecule has 2 aromatic carbocycles. The Kier molecular flexibility index (Phi) is 3.98. The molecule has 0 unspecified atom stereocenters. The fourth-order valence-electron chi connectivity index (χ4n) is 2.56. The van der Waals surface area contributed by atoms with E-state index >= 15 is 0 Å². The third-order valence-corrected chi connectivity index (χ3v) is 3.76. The minimum absolute atomic E-state index is 0.108. The molecule has 0 fully saturated rings. The number of ketones is 1. The van der Waals surface area contributed by atoms with Crippen molar-refractivity contribution in [3.8, 4) is 5.75 Å². The number of rotatable bonds is 4. The summed E-state index contributed by atoms with van der Waals surface area (Å²) in [7, 11) is 1.55. The van der Waals surface area contributed by atoms with Crippen molar-refractivity contribution in [3.63, 3.8) is 0 Å². The second kappa shape index (κ2) is 6.08. The number of hydrogen-bond donors (Lipinski definition) is 0. The van der Waals surface area contributed by atoms with Crippen LogP contribution in [0.2, 0.25) is 0 Å². The first-order chi connectivity index (χ1) is 11.2. The van der Waals surface area contributed by atoms with Gasteiger partial charge in [-0.3, -0.25) is 9.59 Å². The summed E-state index contributed by atoms with van der Waals surface area (Å²) in [6, 6.07) is 13.7. The Hall–Kier alpha value is -2.88. The molecule has 4 heteroatoms. The summed E-state index contributed by atoms with van der Waals surface area (Å²) in [4.78, 5) is 25.5. The van der Waals surface area contributed by atoms with Gasteiger partial charge in [-0.05, 0) is 12.1 Å². The summed E-state index contributed by atoms with van der Waals surface area (Å²) in [5, 5.41) is 0.377. The SMILES string of the molecule is CCc1oc2cc(OC)ccc2c(=O)c1C(=O)c1ccccc1. The normalized spacial score (nSPS) is 10.7. The molecule has 3 aromatic rings. The number of carbonyl (C=O) groups excluding carboxylic acids is 1. The van der Waals surface area contributed by atoms with Gasteiger partial charge >= 0.3 is 0 Å². The average Bonchev–Trinajstić information content (AvgIpc) is 2.61. The molecular weight excluding hydrogens is 292 g/mol. The summed E-state index contributed by atoms with van der Waals surface area (Å²) >= 11 is 0. The van der Waals surface area contributed by atoms with Crippen molar-refractivity contribution in [2.45, 2.75) is 13.3 Å². The van der Waals surface area contributed by atoms with E-state index in [9.17, 15) is 9.59 Å². The van der Waals surface area contributed by atoms with Crippen molar-refractivity contribution in [1.29, 1.82) is 0 Å². The van der Waals surface area contributed by atoms with Crippen molar-refractivity contribution in [3.05, 3.63) is 75.6 Å². The van der Waals surface area contributed by atoms with E-state index in [1.54, 1.807) is 49.6 Å². The molecule has 4 nitrogen and oxygen atoms in total. The zero-order valence-electron chi connectivity index (χ0n) is 13.0. The molecule has 0 aliphatic rings. The van der Waals surface area contributed by atoms with Crippen molar-refractivity contribution in [2.24, 2.45) is 0 Å². The number of methoxy groups -OCH3 is 1. The molecule has 116 valence electrons. The van der Waals surface area contributed by atoms with E-state index in [0.717, 1.165) is 0 Å².